The summed E-state index contributed by atoms with van der Waals surface area (Å²) in [5, 5.41) is 13.4. The van der Waals surface area contributed by atoms with Crippen molar-refractivity contribution in [2.45, 2.75) is 137 Å². The monoisotopic (exact) mass is 532 g/mol. The second kappa shape index (κ2) is 20.5. The average molecular weight is 533 g/mol. The van der Waals surface area contributed by atoms with Crippen LogP contribution in [0.15, 0.2) is 0 Å². The molecular formula is C27H52N2O8. The lowest BCUT2D eigenvalue weighted by Crippen LogP contribution is -2.33. The van der Waals surface area contributed by atoms with Crippen molar-refractivity contribution in [2.75, 3.05) is 13.1 Å². The summed E-state index contributed by atoms with van der Waals surface area (Å²) in [7, 11) is 0. The van der Waals surface area contributed by atoms with Crippen LogP contribution in [0.4, 0.5) is 9.59 Å². The smallest absolute Gasteiger partial charge is 0.407 e. The Morgan fingerprint density at radius 3 is 1.62 bits per heavy atom. The van der Waals surface area contributed by atoms with Crippen LogP contribution in [0.1, 0.15) is 120 Å². The number of rotatable bonds is 15. The van der Waals surface area contributed by atoms with Crippen molar-refractivity contribution in [2.24, 2.45) is 0 Å². The number of aliphatic carboxylic acids is 1. The van der Waals surface area contributed by atoms with E-state index in [-0.39, 0.29) is 18.5 Å². The zero-order chi connectivity index (χ0) is 28.9. The first-order valence-corrected chi connectivity index (χ1v) is 13.4. The molecule has 10 nitrogen and oxygen atoms in total. The lowest BCUT2D eigenvalue weighted by atomic mass is 10.1. The molecule has 0 fully saturated rings. The molecule has 10 heteroatoms. The number of nitrogens with one attached hydrogen (secondary N) is 2. The SMILES string of the molecule is CC(C)(C)OC(=O)NCCCC(=O)O.CCCCCCC(CC)OC(=O)CCCNC(=O)OC(C)(C)C. The van der Waals surface area contributed by atoms with E-state index in [2.05, 4.69) is 17.6 Å². The lowest BCUT2D eigenvalue weighted by Gasteiger charge is -2.19. The van der Waals surface area contributed by atoms with E-state index in [0.29, 0.717) is 32.4 Å². The van der Waals surface area contributed by atoms with Crippen LogP contribution in [0, 0.1) is 0 Å². The molecule has 0 aromatic rings. The number of amides is 2. The highest BCUT2D eigenvalue weighted by Crippen LogP contribution is 2.12. The minimum absolute atomic E-state index is 0.0261. The molecular weight excluding hydrogens is 480 g/mol. The van der Waals surface area contributed by atoms with Crippen molar-refractivity contribution in [1.82, 2.24) is 10.6 Å². The Bertz CT molecular complexity index is 654. The molecule has 2 amide bonds. The van der Waals surface area contributed by atoms with Gasteiger partial charge in [0.2, 0.25) is 0 Å². The Morgan fingerprint density at radius 1 is 0.730 bits per heavy atom. The van der Waals surface area contributed by atoms with Crippen molar-refractivity contribution in [3.05, 3.63) is 0 Å². The molecule has 37 heavy (non-hydrogen) atoms. The summed E-state index contributed by atoms with van der Waals surface area (Å²) >= 11 is 0. The highest BCUT2D eigenvalue weighted by atomic mass is 16.6. The van der Waals surface area contributed by atoms with Crippen LogP contribution in [0.25, 0.3) is 0 Å². The van der Waals surface area contributed by atoms with Gasteiger partial charge in [0, 0.05) is 25.9 Å². The summed E-state index contributed by atoms with van der Waals surface area (Å²) in [6.07, 6.45) is 6.96. The molecule has 0 aliphatic heterocycles. The molecule has 0 saturated heterocycles. The van der Waals surface area contributed by atoms with E-state index < -0.39 is 29.4 Å². The third kappa shape index (κ3) is 29.6. The van der Waals surface area contributed by atoms with Gasteiger partial charge >= 0.3 is 24.1 Å². The molecule has 0 radical (unpaired) electrons. The van der Waals surface area contributed by atoms with Gasteiger partial charge in [0.25, 0.3) is 0 Å². The van der Waals surface area contributed by atoms with Crippen LogP contribution in [0.3, 0.4) is 0 Å². The van der Waals surface area contributed by atoms with E-state index in [1.165, 1.54) is 19.3 Å². The summed E-state index contributed by atoms with van der Waals surface area (Å²) < 4.78 is 15.6. The molecule has 0 aromatic heterocycles. The normalized spacial score (nSPS) is 11.9. The van der Waals surface area contributed by atoms with Gasteiger partial charge in [-0.15, -0.1) is 0 Å². The van der Waals surface area contributed by atoms with E-state index >= 15 is 0 Å². The topological polar surface area (TPSA) is 140 Å². The van der Waals surface area contributed by atoms with E-state index in [0.717, 1.165) is 19.3 Å². The summed E-state index contributed by atoms with van der Waals surface area (Å²) in [4.78, 5) is 44.4. The molecule has 3 N–H and O–H groups in total. The molecule has 1 atom stereocenters. The number of alkyl carbamates (subject to hydrolysis) is 2. The fourth-order valence-corrected chi connectivity index (χ4v) is 2.87. The fourth-order valence-electron chi connectivity index (χ4n) is 2.87. The van der Waals surface area contributed by atoms with E-state index in [4.69, 9.17) is 19.3 Å². The van der Waals surface area contributed by atoms with Crippen molar-refractivity contribution in [1.29, 1.82) is 0 Å². The second-order valence-corrected chi connectivity index (χ2v) is 10.8. The third-order valence-electron chi connectivity index (χ3n) is 4.59. The number of carboxylic acid groups (broad SMARTS) is 1. The summed E-state index contributed by atoms with van der Waals surface area (Å²) in [6, 6.07) is 0. The number of carboxylic acids is 1. The number of hydrogen-bond acceptors (Lipinski definition) is 7. The molecule has 0 aliphatic rings. The van der Waals surface area contributed by atoms with E-state index in [9.17, 15) is 19.2 Å². The van der Waals surface area contributed by atoms with E-state index in [1.807, 2.05) is 27.7 Å². The first-order chi connectivity index (χ1) is 17.1. The molecule has 0 heterocycles. The number of hydrogen-bond donors (Lipinski definition) is 3. The van der Waals surface area contributed by atoms with Crippen LogP contribution in [-0.4, -0.2) is 59.6 Å². The number of esters is 1. The fraction of sp³-hybridized carbons (Fsp3) is 0.852. The zero-order valence-electron chi connectivity index (χ0n) is 24.4. The van der Waals surface area contributed by atoms with Gasteiger partial charge < -0.3 is 30.0 Å². The first-order valence-electron chi connectivity index (χ1n) is 13.4. The number of carbonyl (C=O) groups is 4. The van der Waals surface area contributed by atoms with Crippen molar-refractivity contribution < 1.29 is 38.5 Å². The zero-order valence-corrected chi connectivity index (χ0v) is 24.4. The van der Waals surface area contributed by atoms with Gasteiger partial charge in [0.15, 0.2) is 0 Å². The van der Waals surface area contributed by atoms with Gasteiger partial charge in [-0.25, -0.2) is 9.59 Å². The first kappa shape index (κ1) is 36.6. The predicted octanol–water partition coefficient (Wildman–Crippen LogP) is 5.96. The maximum absolute atomic E-state index is 11.8. The number of unbranched alkanes of at least 4 members (excludes halogenated alkanes) is 3. The lowest BCUT2D eigenvalue weighted by molar-refractivity contribution is -0.149. The minimum atomic E-state index is -0.865. The van der Waals surface area contributed by atoms with Gasteiger partial charge in [-0.2, -0.15) is 0 Å². The molecule has 218 valence electrons. The van der Waals surface area contributed by atoms with Gasteiger partial charge in [-0.3, -0.25) is 9.59 Å². The van der Waals surface area contributed by atoms with Crippen LogP contribution in [-0.2, 0) is 23.8 Å². The molecule has 0 aliphatic carbocycles. The molecule has 0 rings (SSSR count). The van der Waals surface area contributed by atoms with Crippen LogP contribution in [0.5, 0.6) is 0 Å². The molecule has 0 spiro atoms. The largest absolute Gasteiger partial charge is 0.481 e. The van der Waals surface area contributed by atoms with E-state index in [1.54, 1.807) is 20.8 Å². The molecule has 0 bridgehead atoms. The van der Waals surface area contributed by atoms with Gasteiger partial charge in [0.1, 0.15) is 17.3 Å². The van der Waals surface area contributed by atoms with Gasteiger partial charge in [-0.1, -0.05) is 33.1 Å². The van der Waals surface area contributed by atoms with Crippen LogP contribution >= 0.6 is 0 Å². The third-order valence-corrected chi connectivity index (χ3v) is 4.59. The highest BCUT2D eigenvalue weighted by molar-refractivity contribution is 5.70. The molecule has 0 saturated carbocycles. The summed E-state index contributed by atoms with van der Waals surface area (Å²) in [5.41, 5.74) is -1.02. The highest BCUT2D eigenvalue weighted by Gasteiger charge is 2.17. The maximum atomic E-state index is 11.8. The summed E-state index contributed by atoms with van der Waals surface area (Å²) in [6.45, 7) is 15.7. The molecule has 1 unspecified atom stereocenters. The van der Waals surface area contributed by atoms with Gasteiger partial charge in [-0.05, 0) is 73.6 Å². The Morgan fingerprint density at radius 2 is 1.22 bits per heavy atom. The standard InChI is InChI=1S/C18H35NO4.C9H17NO4/c1-6-8-9-10-12-15(7-2)22-16(20)13-11-14-19-17(21)23-18(3,4)5;1-9(2,3)14-8(13)10-6-4-5-7(11)12/h15H,6-14H2,1-5H3,(H,19,21);4-6H2,1-3H3,(H,10,13)(H,11,12). The Balaban J connectivity index is 0. The Hall–Kier alpha value is -2.52. The number of ether oxygens (including phenoxy) is 3. The Kier molecular flexibility index (Phi) is 20.3. The Labute approximate surface area is 223 Å². The number of carbonyl (C=O) groups excluding carboxylic acids is 3. The second-order valence-electron chi connectivity index (χ2n) is 10.8. The van der Waals surface area contributed by atoms with Gasteiger partial charge in [0.05, 0.1) is 0 Å². The van der Waals surface area contributed by atoms with Crippen LogP contribution in [0.2, 0.25) is 0 Å². The van der Waals surface area contributed by atoms with Crippen molar-refractivity contribution in [3.63, 3.8) is 0 Å². The molecule has 0 aromatic carbocycles. The van der Waals surface area contributed by atoms with Crippen LogP contribution < -0.4 is 10.6 Å². The predicted molar refractivity (Wildman–Crippen MR) is 144 cm³/mol. The average Bonchev–Trinajstić information content (AvgIpc) is 2.74. The quantitative estimate of drug-likeness (QED) is 0.133. The maximum Gasteiger partial charge on any atom is 0.407 e. The summed E-state index contributed by atoms with van der Waals surface area (Å²) in [5.74, 6) is -1.05. The van der Waals surface area contributed by atoms with Crippen molar-refractivity contribution >= 4 is 24.1 Å². The minimum Gasteiger partial charge on any atom is -0.481 e. The van der Waals surface area contributed by atoms with Crippen molar-refractivity contribution in [3.8, 4) is 0 Å².